The third-order valence-electron chi connectivity index (χ3n) is 4.98. The standard InChI is InChI=1S/C24H20O4/c1-14(2)24(26)27-13-21(25)28-15(3)19-11-9-18-8-7-16-5-4-6-17-10-12-20(19)23(18)22(16)17/h4-12,15H,1,13H2,2-3H3. The Morgan fingerprint density at radius 2 is 1.54 bits per heavy atom. The van der Waals surface area contributed by atoms with E-state index in [2.05, 4.69) is 55.1 Å². The van der Waals surface area contributed by atoms with Crippen LogP contribution in [0, 0.1) is 0 Å². The lowest BCUT2D eigenvalue weighted by molar-refractivity contribution is -0.160. The van der Waals surface area contributed by atoms with Gasteiger partial charge in [-0.1, -0.05) is 61.2 Å². The molecule has 4 rings (SSSR count). The lowest BCUT2D eigenvalue weighted by atomic mass is 9.91. The highest BCUT2D eigenvalue weighted by atomic mass is 16.6. The molecule has 0 spiro atoms. The van der Waals surface area contributed by atoms with E-state index in [1.165, 1.54) is 28.5 Å². The van der Waals surface area contributed by atoms with Crippen LogP contribution in [0.3, 0.4) is 0 Å². The van der Waals surface area contributed by atoms with E-state index < -0.39 is 24.6 Å². The van der Waals surface area contributed by atoms with Gasteiger partial charge in [0, 0.05) is 11.1 Å². The highest BCUT2D eigenvalue weighted by Gasteiger charge is 2.18. The number of rotatable bonds is 5. The summed E-state index contributed by atoms with van der Waals surface area (Å²) < 4.78 is 10.4. The smallest absolute Gasteiger partial charge is 0.344 e. The van der Waals surface area contributed by atoms with Gasteiger partial charge in [-0.25, -0.2) is 9.59 Å². The van der Waals surface area contributed by atoms with Gasteiger partial charge in [0.1, 0.15) is 6.10 Å². The first-order valence-electron chi connectivity index (χ1n) is 9.14. The molecule has 0 radical (unpaired) electrons. The minimum Gasteiger partial charge on any atom is -0.455 e. The van der Waals surface area contributed by atoms with Crippen molar-refractivity contribution in [3.05, 3.63) is 72.3 Å². The Kier molecular flexibility index (Phi) is 4.47. The van der Waals surface area contributed by atoms with Gasteiger partial charge in [0.2, 0.25) is 0 Å². The molecule has 140 valence electrons. The van der Waals surface area contributed by atoms with Gasteiger partial charge in [-0.3, -0.25) is 0 Å². The van der Waals surface area contributed by atoms with Gasteiger partial charge in [0.15, 0.2) is 6.61 Å². The number of benzene rings is 4. The van der Waals surface area contributed by atoms with Crippen LogP contribution in [-0.2, 0) is 19.1 Å². The molecule has 1 atom stereocenters. The molecule has 28 heavy (non-hydrogen) atoms. The third kappa shape index (κ3) is 3.07. The van der Waals surface area contributed by atoms with Crippen molar-refractivity contribution >= 4 is 44.3 Å². The highest BCUT2D eigenvalue weighted by Crippen LogP contribution is 2.38. The van der Waals surface area contributed by atoms with Crippen LogP contribution in [0.4, 0.5) is 0 Å². The van der Waals surface area contributed by atoms with Gasteiger partial charge in [-0.2, -0.15) is 0 Å². The molecule has 4 aromatic rings. The predicted molar refractivity (Wildman–Crippen MR) is 110 cm³/mol. The van der Waals surface area contributed by atoms with Crippen LogP contribution in [0.15, 0.2) is 66.7 Å². The van der Waals surface area contributed by atoms with E-state index in [0.29, 0.717) is 0 Å². The number of hydrogen-bond donors (Lipinski definition) is 0. The Morgan fingerprint density at radius 1 is 0.929 bits per heavy atom. The Hall–Kier alpha value is -3.40. The molecule has 4 heteroatoms. The summed E-state index contributed by atoms with van der Waals surface area (Å²) in [5.74, 6) is -1.19. The molecule has 0 aromatic heterocycles. The number of hydrogen-bond acceptors (Lipinski definition) is 4. The molecule has 0 saturated carbocycles. The van der Waals surface area contributed by atoms with E-state index in [1.807, 2.05) is 13.0 Å². The average molecular weight is 372 g/mol. The van der Waals surface area contributed by atoms with Crippen molar-refractivity contribution in [2.75, 3.05) is 6.61 Å². The maximum Gasteiger partial charge on any atom is 0.344 e. The van der Waals surface area contributed by atoms with Crippen molar-refractivity contribution < 1.29 is 19.1 Å². The van der Waals surface area contributed by atoms with Crippen LogP contribution in [0.1, 0.15) is 25.5 Å². The van der Waals surface area contributed by atoms with Gasteiger partial charge in [0.25, 0.3) is 0 Å². The van der Waals surface area contributed by atoms with Crippen molar-refractivity contribution in [3.8, 4) is 0 Å². The molecule has 0 aliphatic heterocycles. The lowest BCUT2D eigenvalue weighted by Gasteiger charge is -2.18. The van der Waals surface area contributed by atoms with E-state index in [0.717, 1.165) is 16.3 Å². The fraction of sp³-hybridized carbons (Fsp3) is 0.167. The first-order valence-corrected chi connectivity index (χ1v) is 9.14. The molecule has 1 unspecified atom stereocenters. The van der Waals surface area contributed by atoms with Crippen molar-refractivity contribution in [1.82, 2.24) is 0 Å². The SMILES string of the molecule is C=C(C)C(=O)OCC(=O)OC(C)c1ccc2ccc3cccc4ccc1c2c34. The first-order chi connectivity index (χ1) is 13.5. The molecule has 0 fully saturated rings. The maximum absolute atomic E-state index is 12.1. The zero-order chi connectivity index (χ0) is 19.8. The molecule has 4 nitrogen and oxygen atoms in total. The quantitative estimate of drug-likeness (QED) is 0.271. The van der Waals surface area contributed by atoms with E-state index in [4.69, 9.17) is 9.47 Å². The second-order valence-electron chi connectivity index (χ2n) is 7.00. The van der Waals surface area contributed by atoms with E-state index in [1.54, 1.807) is 0 Å². The van der Waals surface area contributed by atoms with Gasteiger partial charge in [0.05, 0.1) is 0 Å². The van der Waals surface area contributed by atoms with Crippen LogP contribution in [-0.4, -0.2) is 18.5 Å². The largest absolute Gasteiger partial charge is 0.455 e. The van der Waals surface area contributed by atoms with E-state index in [-0.39, 0.29) is 5.57 Å². The second-order valence-corrected chi connectivity index (χ2v) is 7.00. The Balaban J connectivity index is 1.67. The minimum atomic E-state index is -0.604. The molecule has 0 aliphatic rings. The number of carbonyl (C=O) groups excluding carboxylic acids is 2. The first kappa shape index (κ1) is 18.0. The molecule has 0 aliphatic carbocycles. The van der Waals surface area contributed by atoms with Gasteiger partial charge in [-0.05, 0) is 46.2 Å². The van der Waals surface area contributed by atoms with Gasteiger partial charge >= 0.3 is 11.9 Å². The molecule has 0 heterocycles. The zero-order valence-corrected chi connectivity index (χ0v) is 15.8. The van der Waals surface area contributed by atoms with Crippen molar-refractivity contribution in [2.45, 2.75) is 20.0 Å². The maximum atomic E-state index is 12.1. The summed E-state index contributed by atoms with van der Waals surface area (Å²) in [6.07, 6.45) is -0.472. The molecular weight excluding hydrogens is 352 g/mol. The molecule has 0 saturated heterocycles. The second kappa shape index (κ2) is 6.97. The van der Waals surface area contributed by atoms with Crippen LogP contribution < -0.4 is 0 Å². The average Bonchev–Trinajstić information content (AvgIpc) is 2.69. The number of ether oxygens (including phenoxy) is 2. The van der Waals surface area contributed by atoms with E-state index >= 15 is 0 Å². The summed E-state index contributed by atoms with van der Waals surface area (Å²) in [7, 11) is 0. The summed E-state index contributed by atoms with van der Waals surface area (Å²) >= 11 is 0. The summed E-state index contributed by atoms with van der Waals surface area (Å²) in [4.78, 5) is 23.5. The zero-order valence-electron chi connectivity index (χ0n) is 15.8. The fourth-order valence-corrected chi connectivity index (χ4v) is 3.65. The van der Waals surface area contributed by atoms with Gasteiger partial charge in [-0.15, -0.1) is 0 Å². The van der Waals surface area contributed by atoms with Gasteiger partial charge < -0.3 is 9.47 Å². The third-order valence-corrected chi connectivity index (χ3v) is 4.98. The molecule has 0 bridgehead atoms. The minimum absolute atomic E-state index is 0.243. The molecular formula is C24H20O4. The van der Waals surface area contributed by atoms with E-state index in [9.17, 15) is 9.59 Å². The normalized spacial score (nSPS) is 12.4. The Bertz CT molecular complexity index is 1210. The number of carbonyl (C=O) groups is 2. The lowest BCUT2D eigenvalue weighted by Crippen LogP contribution is -2.18. The topological polar surface area (TPSA) is 52.6 Å². The van der Waals surface area contributed by atoms with Crippen LogP contribution in [0.5, 0.6) is 0 Å². The van der Waals surface area contributed by atoms with Crippen LogP contribution in [0.25, 0.3) is 32.3 Å². The monoisotopic (exact) mass is 372 g/mol. The molecule has 0 N–H and O–H groups in total. The predicted octanol–water partition coefficient (Wildman–Crippen LogP) is 5.31. The van der Waals surface area contributed by atoms with Crippen LogP contribution in [0.2, 0.25) is 0 Å². The Labute approximate surface area is 162 Å². The van der Waals surface area contributed by atoms with Crippen molar-refractivity contribution in [2.24, 2.45) is 0 Å². The molecule has 4 aromatic carbocycles. The van der Waals surface area contributed by atoms with Crippen molar-refractivity contribution in [1.29, 1.82) is 0 Å². The highest BCUT2D eigenvalue weighted by molar-refractivity contribution is 6.23. The summed E-state index contributed by atoms with van der Waals surface area (Å²) in [6.45, 7) is 6.41. The summed E-state index contributed by atoms with van der Waals surface area (Å²) in [6, 6.07) is 18.7. The molecule has 0 amide bonds. The number of esters is 2. The fourth-order valence-electron chi connectivity index (χ4n) is 3.65. The Morgan fingerprint density at radius 3 is 2.21 bits per heavy atom. The summed E-state index contributed by atoms with van der Waals surface area (Å²) in [5, 5.41) is 6.96. The van der Waals surface area contributed by atoms with Crippen molar-refractivity contribution in [3.63, 3.8) is 0 Å². The summed E-state index contributed by atoms with van der Waals surface area (Å²) in [5.41, 5.74) is 1.16. The van der Waals surface area contributed by atoms with Crippen LogP contribution >= 0.6 is 0 Å².